The van der Waals surface area contributed by atoms with Gasteiger partial charge in [-0.3, -0.25) is 4.79 Å². The Morgan fingerprint density at radius 3 is 2.68 bits per heavy atom. The van der Waals surface area contributed by atoms with Crippen LogP contribution in [0.3, 0.4) is 0 Å². The highest BCUT2D eigenvalue weighted by atomic mass is 32.1. The summed E-state index contributed by atoms with van der Waals surface area (Å²) in [6, 6.07) is 4.33. The molecule has 0 aromatic carbocycles. The maximum absolute atomic E-state index is 12.0. The molecule has 0 saturated heterocycles. The van der Waals surface area contributed by atoms with Gasteiger partial charge in [-0.05, 0) is 30.6 Å². The lowest BCUT2D eigenvalue weighted by Crippen LogP contribution is -2.24. The lowest BCUT2D eigenvalue weighted by Gasteiger charge is -2.08. The summed E-state index contributed by atoms with van der Waals surface area (Å²) in [5.74, 6) is -0.592. The standard InChI is InChI=1S/C12H11F3N4O2S/c1-7-4-9(19-22-7)11(20)16-5-8-2-3-10(18-17-8)21-6-12(13,14)15/h2-4H,5-6H2,1H3,(H,16,20). The molecule has 2 rings (SSSR count). The van der Waals surface area contributed by atoms with E-state index < -0.39 is 12.8 Å². The van der Waals surface area contributed by atoms with Crippen LogP contribution in [0.2, 0.25) is 0 Å². The quantitative estimate of drug-likeness (QED) is 0.907. The Bertz CT molecular complexity index is 643. The van der Waals surface area contributed by atoms with Crippen LogP contribution < -0.4 is 10.1 Å². The molecule has 2 aromatic heterocycles. The number of ether oxygens (including phenoxy) is 1. The van der Waals surface area contributed by atoms with Gasteiger partial charge >= 0.3 is 6.18 Å². The minimum atomic E-state index is -4.43. The van der Waals surface area contributed by atoms with Crippen molar-refractivity contribution < 1.29 is 22.7 Å². The summed E-state index contributed by atoms with van der Waals surface area (Å²) < 4.78 is 44.3. The average molecular weight is 332 g/mol. The highest BCUT2D eigenvalue weighted by Gasteiger charge is 2.28. The summed E-state index contributed by atoms with van der Waals surface area (Å²) in [4.78, 5) is 12.7. The van der Waals surface area contributed by atoms with Crippen molar-refractivity contribution >= 4 is 17.4 Å². The Hall–Kier alpha value is -2.23. The van der Waals surface area contributed by atoms with Gasteiger partial charge in [-0.1, -0.05) is 0 Å². The average Bonchev–Trinajstić information content (AvgIpc) is 2.89. The van der Waals surface area contributed by atoms with Crippen molar-refractivity contribution in [2.45, 2.75) is 19.6 Å². The number of halogens is 3. The van der Waals surface area contributed by atoms with E-state index in [0.29, 0.717) is 11.4 Å². The van der Waals surface area contributed by atoms with E-state index in [4.69, 9.17) is 0 Å². The Labute approximate surface area is 127 Å². The lowest BCUT2D eigenvalue weighted by atomic mass is 10.3. The van der Waals surface area contributed by atoms with E-state index in [1.807, 2.05) is 6.92 Å². The number of alkyl halides is 3. The fraction of sp³-hybridized carbons (Fsp3) is 0.333. The molecular weight excluding hydrogens is 321 g/mol. The third-order valence-electron chi connectivity index (χ3n) is 2.37. The Balaban J connectivity index is 1.85. The van der Waals surface area contributed by atoms with E-state index >= 15 is 0 Å². The molecule has 1 amide bonds. The van der Waals surface area contributed by atoms with Crippen molar-refractivity contribution in [3.63, 3.8) is 0 Å². The highest BCUT2D eigenvalue weighted by Crippen LogP contribution is 2.16. The molecule has 1 N–H and O–H groups in total. The van der Waals surface area contributed by atoms with Gasteiger partial charge in [-0.15, -0.1) is 5.10 Å². The molecule has 22 heavy (non-hydrogen) atoms. The Morgan fingerprint density at radius 2 is 2.14 bits per heavy atom. The molecule has 10 heteroatoms. The van der Waals surface area contributed by atoms with Crippen LogP contribution in [0, 0.1) is 6.92 Å². The minimum Gasteiger partial charge on any atom is -0.467 e. The summed E-state index contributed by atoms with van der Waals surface area (Å²) >= 11 is 1.22. The monoisotopic (exact) mass is 332 g/mol. The van der Waals surface area contributed by atoms with Gasteiger partial charge in [-0.2, -0.15) is 22.6 Å². The van der Waals surface area contributed by atoms with Crippen molar-refractivity contribution in [1.82, 2.24) is 19.9 Å². The van der Waals surface area contributed by atoms with Crippen molar-refractivity contribution in [2.24, 2.45) is 0 Å². The number of nitrogens with one attached hydrogen (secondary N) is 1. The van der Waals surface area contributed by atoms with Crippen molar-refractivity contribution in [1.29, 1.82) is 0 Å². The van der Waals surface area contributed by atoms with Gasteiger partial charge in [0, 0.05) is 10.9 Å². The van der Waals surface area contributed by atoms with Crippen LogP contribution in [0.1, 0.15) is 21.1 Å². The molecule has 6 nitrogen and oxygen atoms in total. The molecule has 0 aliphatic carbocycles. The first kappa shape index (κ1) is 16.1. The molecule has 0 atom stereocenters. The largest absolute Gasteiger partial charge is 0.467 e. The second kappa shape index (κ2) is 6.69. The first-order valence-corrected chi connectivity index (χ1v) is 6.84. The van der Waals surface area contributed by atoms with E-state index in [2.05, 4.69) is 24.6 Å². The van der Waals surface area contributed by atoms with Gasteiger partial charge in [0.05, 0.1) is 12.2 Å². The molecule has 0 aliphatic heterocycles. The summed E-state index contributed by atoms with van der Waals surface area (Å²) in [6.07, 6.45) is -4.43. The first-order valence-electron chi connectivity index (χ1n) is 6.07. The molecule has 118 valence electrons. The normalized spacial score (nSPS) is 11.3. The number of rotatable bonds is 5. The van der Waals surface area contributed by atoms with Gasteiger partial charge in [0.1, 0.15) is 5.69 Å². The molecule has 0 aliphatic rings. The summed E-state index contributed by atoms with van der Waals surface area (Å²) in [5, 5.41) is 9.76. The molecule has 0 spiro atoms. The topological polar surface area (TPSA) is 77.0 Å². The van der Waals surface area contributed by atoms with Gasteiger partial charge in [-0.25, -0.2) is 0 Å². The number of hydrogen-bond donors (Lipinski definition) is 1. The zero-order valence-electron chi connectivity index (χ0n) is 11.3. The lowest BCUT2D eigenvalue weighted by molar-refractivity contribution is -0.154. The maximum Gasteiger partial charge on any atom is 0.422 e. The third kappa shape index (κ3) is 4.95. The molecule has 0 radical (unpaired) electrons. The fourth-order valence-electron chi connectivity index (χ4n) is 1.41. The number of carbonyl (C=O) groups is 1. The molecule has 2 heterocycles. The second-order valence-electron chi connectivity index (χ2n) is 4.27. The van der Waals surface area contributed by atoms with E-state index in [1.54, 1.807) is 6.07 Å². The predicted octanol–water partition coefficient (Wildman–Crippen LogP) is 2.11. The van der Waals surface area contributed by atoms with Crippen LogP contribution in [0.5, 0.6) is 5.88 Å². The van der Waals surface area contributed by atoms with Crippen LogP contribution in [-0.2, 0) is 6.54 Å². The van der Waals surface area contributed by atoms with Gasteiger partial charge in [0.15, 0.2) is 6.61 Å². The van der Waals surface area contributed by atoms with Crippen molar-refractivity contribution in [3.8, 4) is 5.88 Å². The van der Waals surface area contributed by atoms with E-state index in [-0.39, 0.29) is 18.3 Å². The van der Waals surface area contributed by atoms with Gasteiger partial charge < -0.3 is 10.1 Å². The third-order valence-corrected chi connectivity index (χ3v) is 3.06. The zero-order chi connectivity index (χ0) is 16.2. The van der Waals surface area contributed by atoms with Crippen LogP contribution in [0.4, 0.5) is 13.2 Å². The Morgan fingerprint density at radius 1 is 1.36 bits per heavy atom. The minimum absolute atomic E-state index is 0.0853. The number of hydrogen-bond acceptors (Lipinski definition) is 6. The summed E-state index contributed by atoms with van der Waals surface area (Å²) in [6.45, 7) is 0.489. The molecule has 2 aromatic rings. The SMILES string of the molecule is Cc1cc(C(=O)NCc2ccc(OCC(F)(F)F)nn2)ns1. The van der Waals surface area contributed by atoms with E-state index in [9.17, 15) is 18.0 Å². The van der Waals surface area contributed by atoms with E-state index in [0.717, 1.165) is 4.88 Å². The molecule has 0 bridgehead atoms. The molecule has 0 saturated carbocycles. The van der Waals surface area contributed by atoms with Crippen molar-refractivity contribution in [3.05, 3.63) is 34.5 Å². The van der Waals surface area contributed by atoms with Gasteiger partial charge in [0.2, 0.25) is 5.88 Å². The first-order chi connectivity index (χ1) is 10.3. The predicted molar refractivity (Wildman–Crippen MR) is 71.6 cm³/mol. The molecular formula is C12H11F3N4O2S. The molecule has 0 unspecified atom stereocenters. The fourth-order valence-corrected chi connectivity index (χ4v) is 1.95. The number of amides is 1. The zero-order valence-corrected chi connectivity index (χ0v) is 12.2. The van der Waals surface area contributed by atoms with Gasteiger partial charge in [0.25, 0.3) is 5.91 Å². The van der Waals surface area contributed by atoms with Crippen LogP contribution in [0.25, 0.3) is 0 Å². The summed E-state index contributed by atoms with van der Waals surface area (Å²) in [7, 11) is 0. The smallest absolute Gasteiger partial charge is 0.422 e. The summed E-state index contributed by atoms with van der Waals surface area (Å²) in [5.41, 5.74) is 0.695. The van der Waals surface area contributed by atoms with Crippen molar-refractivity contribution in [2.75, 3.05) is 6.61 Å². The van der Waals surface area contributed by atoms with Crippen LogP contribution in [-0.4, -0.2) is 33.3 Å². The number of aryl methyl sites for hydroxylation is 1. The Kier molecular flexibility index (Phi) is 4.91. The van der Waals surface area contributed by atoms with Crippen LogP contribution >= 0.6 is 11.5 Å². The highest BCUT2D eigenvalue weighted by molar-refractivity contribution is 7.05. The number of carbonyl (C=O) groups excluding carboxylic acids is 1. The maximum atomic E-state index is 12.0. The second-order valence-corrected chi connectivity index (χ2v) is 5.28. The number of nitrogens with zero attached hydrogens (tertiary/aromatic N) is 3. The number of aromatic nitrogens is 3. The van der Waals surface area contributed by atoms with Crippen LogP contribution in [0.15, 0.2) is 18.2 Å². The molecule has 0 fully saturated rings. The van der Waals surface area contributed by atoms with E-state index in [1.165, 1.54) is 23.7 Å².